The molecule has 0 fully saturated rings. The van der Waals surface area contributed by atoms with Gasteiger partial charge in [-0.1, -0.05) is 24.3 Å². The van der Waals surface area contributed by atoms with Crippen LogP contribution in [0, 0.1) is 6.92 Å². The Hall–Kier alpha value is -3.07. The standard InChI is InChI=1S/C23H29N5O3S/c1-15-7-5-6-8-18(15)19-14-28(21(24)25-19)32(30,31)17-9-10-20-16(13-17)11-12-27(20)22(29)26-23(2,3)4/h5-10,13,19H,11-12,14H2,1-4H3,(H2,24,25)(H,26,29). The molecule has 0 aromatic heterocycles. The number of guanidine groups is 1. The summed E-state index contributed by atoms with van der Waals surface area (Å²) in [7, 11) is -3.87. The first-order chi connectivity index (χ1) is 15.0. The maximum atomic E-state index is 13.4. The number of sulfonamides is 1. The number of aliphatic imine (C=N–C) groups is 1. The van der Waals surface area contributed by atoms with Crippen LogP contribution < -0.4 is 16.0 Å². The summed E-state index contributed by atoms with van der Waals surface area (Å²) in [5.74, 6) is -0.00932. The lowest BCUT2D eigenvalue weighted by Crippen LogP contribution is -2.48. The van der Waals surface area contributed by atoms with Crippen LogP contribution in [0.15, 0.2) is 52.4 Å². The van der Waals surface area contributed by atoms with Crippen molar-refractivity contribution in [3.05, 3.63) is 59.2 Å². The van der Waals surface area contributed by atoms with Crippen LogP contribution in [0.5, 0.6) is 0 Å². The molecule has 1 unspecified atom stereocenters. The SMILES string of the molecule is Cc1ccccc1C1CN(S(=O)(=O)c2ccc3c(c2)CCN3C(=O)NC(C)(C)C)C(N)=N1. The van der Waals surface area contributed by atoms with Crippen molar-refractivity contribution in [3.8, 4) is 0 Å². The Morgan fingerprint density at radius 2 is 1.91 bits per heavy atom. The zero-order valence-corrected chi connectivity index (χ0v) is 19.6. The Balaban J connectivity index is 1.58. The number of nitrogens with zero attached hydrogens (tertiary/aromatic N) is 3. The van der Waals surface area contributed by atoms with Crippen molar-refractivity contribution >= 4 is 27.7 Å². The summed E-state index contributed by atoms with van der Waals surface area (Å²) in [6.07, 6.45) is 0.589. The summed E-state index contributed by atoms with van der Waals surface area (Å²) in [6.45, 7) is 8.40. The van der Waals surface area contributed by atoms with Crippen molar-refractivity contribution in [3.63, 3.8) is 0 Å². The van der Waals surface area contributed by atoms with E-state index < -0.39 is 10.0 Å². The number of carbonyl (C=O) groups excluding carboxylic acids is 1. The topological polar surface area (TPSA) is 108 Å². The Labute approximate surface area is 189 Å². The molecule has 0 bridgehead atoms. The summed E-state index contributed by atoms with van der Waals surface area (Å²) in [6, 6.07) is 12.1. The lowest BCUT2D eigenvalue weighted by Gasteiger charge is -2.26. The second-order valence-electron chi connectivity index (χ2n) is 9.27. The van der Waals surface area contributed by atoms with Crippen molar-refractivity contribution in [2.75, 3.05) is 18.0 Å². The number of hydrogen-bond donors (Lipinski definition) is 2. The fourth-order valence-corrected chi connectivity index (χ4v) is 5.55. The molecule has 0 saturated carbocycles. The van der Waals surface area contributed by atoms with Gasteiger partial charge in [-0.25, -0.2) is 22.5 Å². The number of nitrogens with two attached hydrogens (primary N) is 1. The average molecular weight is 456 g/mol. The first-order valence-electron chi connectivity index (χ1n) is 10.6. The van der Waals surface area contributed by atoms with E-state index in [1.807, 2.05) is 52.0 Å². The zero-order chi connectivity index (χ0) is 23.3. The molecule has 8 nitrogen and oxygen atoms in total. The molecule has 0 spiro atoms. The lowest BCUT2D eigenvalue weighted by atomic mass is 10.0. The molecule has 2 aromatic carbocycles. The first kappa shape index (κ1) is 22.1. The molecular weight excluding hydrogens is 426 g/mol. The zero-order valence-electron chi connectivity index (χ0n) is 18.8. The minimum atomic E-state index is -3.87. The van der Waals surface area contributed by atoms with Crippen LogP contribution in [0.4, 0.5) is 10.5 Å². The van der Waals surface area contributed by atoms with E-state index in [4.69, 9.17) is 5.73 Å². The third kappa shape index (κ3) is 4.04. The van der Waals surface area contributed by atoms with E-state index in [0.717, 1.165) is 22.4 Å². The van der Waals surface area contributed by atoms with E-state index in [-0.39, 0.29) is 35.0 Å². The molecule has 2 aliphatic rings. The van der Waals surface area contributed by atoms with Crippen molar-refractivity contribution in [1.82, 2.24) is 9.62 Å². The molecule has 2 aromatic rings. The van der Waals surface area contributed by atoms with Crippen molar-refractivity contribution in [1.29, 1.82) is 0 Å². The van der Waals surface area contributed by atoms with E-state index in [9.17, 15) is 13.2 Å². The number of carbonyl (C=O) groups is 1. The van der Waals surface area contributed by atoms with E-state index in [1.54, 1.807) is 17.0 Å². The molecule has 2 aliphatic heterocycles. The normalized spacial score (nSPS) is 18.5. The van der Waals surface area contributed by atoms with Crippen molar-refractivity contribution in [2.24, 2.45) is 10.7 Å². The highest BCUT2D eigenvalue weighted by atomic mass is 32.2. The predicted octanol–water partition coefficient (Wildman–Crippen LogP) is 2.93. The third-order valence-corrected chi connectivity index (χ3v) is 7.46. The van der Waals surface area contributed by atoms with Gasteiger partial charge in [0.15, 0.2) is 0 Å². The van der Waals surface area contributed by atoms with Crippen molar-refractivity contribution in [2.45, 2.75) is 50.6 Å². The van der Waals surface area contributed by atoms with E-state index in [2.05, 4.69) is 10.3 Å². The van der Waals surface area contributed by atoms with Crippen LogP contribution in [0.1, 0.15) is 43.5 Å². The number of benzene rings is 2. The third-order valence-electron chi connectivity index (χ3n) is 5.69. The molecule has 32 heavy (non-hydrogen) atoms. The van der Waals surface area contributed by atoms with Gasteiger partial charge in [0.1, 0.15) is 0 Å². The highest BCUT2D eigenvalue weighted by Crippen LogP contribution is 2.34. The van der Waals surface area contributed by atoms with Crippen LogP contribution in [-0.4, -0.2) is 43.3 Å². The molecule has 4 rings (SSSR count). The highest BCUT2D eigenvalue weighted by molar-refractivity contribution is 7.89. The quantitative estimate of drug-likeness (QED) is 0.742. The molecular formula is C23H29N5O3S. The monoisotopic (exact) mass is 455 g/mol. The van der Waals surface area contributed by atoms with Gasteiger partial charge in [-0.15, -0.1) is 0 Å². The molecule has 170 valence electrons. The minimum Gasteiger partial charge on any atom is -0.369 e. The smallest absolute Gasteiger partial charge is 0.322 e. The fourth-order valence-electron chi connectivity index (χ4n) is 4.13. The Kier molecular flexibility index (Phi) is 5.40. The molecule has 9 heteroatoms. The number of hydrogen-bond acceptors (Lipinski definition) is 5. The predicted molar refractivity (Wildman–Crippen MR) is 125 cm³/mol. The summed E-state index contributed by atoms with van der Waals surface area (Å²) in [5, 5.41) is 2.95. The summed E-state index contributed by atoms with van der Waals surface area (Å²) < 4.78 is 27.9. The van der Waals surface area contributed by atoms with E-state index in [0.29, 0.717) is 13.0 Å². The Morgan fingerprint density at radius 1 is 1.19 bits per heavy atom. The van der Waals surface area contributed by atoms with Gasteiger partial charge >= 0.3 is 6.03 Å². The molecule has 1 atom stereocenters. The number of nitrogens with one attached hydrogen (secondary N) is 1. The largest absolute Gasteiger partial charge is 0.369 e. The highest BCUT2D eigenvalue weighted by Gasteiger charge is 2.36. The van der Waals surface area contributed by atoms with Crippen LogP contribution >= 0.6 is 0 Å². The number of amides is 2. The maximum Gasteiger partial charge on any atom is 0.322 e. The van der Waals surface area contributed by atoms with Gasteiger partial charge in [0.25, 0.3) is 10.0 Å². The van der Waals surface area contributed by atoms with Gasteiger partial charge < -0.3 is 11.1 Å². The Bertz CT molecular complexity index is 1200. The Morgan fingerprint density at radius 3 is 2.59 bits per heavy atom. The van der Waals surface area contributed by atoms with Gasteiger partial charge in [0, 0.05) is 17.8 Å². The van der Waals surface area contributed by atoms with Crippen LogP contribution in [0.3, 0.4) is 0 Å². The fraction of sp³-hybridized carbons (Fsp3) is 0.391. The maximum absolute atomic E-state index is 13.4. The van der Waals surface area contributed by atoms with Gasteiger partial charge in [0.05, 0.1) is 17.5 Å². The van der Waals surface area contributed by atoms with E-state index >= 15 is 0 Å². The van der Waals surface area contributed by atoms with Crippen LogP contribution in [-0.2, 0) is 16.4 Å². The summed E-state index contributed by atoms with van der Waals surface area (Å²) in [5.41, 5.74) is 9.24. The van der Waals surface area contributed by atoms with Crippen molar-refractivity contribution < 1.29 is 13.2 Å². The van der Waals surface area contributed by atoms with Gasteiger partial charge in [-0.3, -0.25) is 4.90 Å². The number of fused-ring (bicyclic) bond motifs is 1. The number of aryl methyl sites for hydroxylation is 1. The molecule has 3 N–H and O–H groups in total. The van der Waals surface area contributed by atoms with E-state index in [1.165, 1.54) is 10.4 Å². The number of rotatable bonds is 3. The van der Waals surface area contributed by atoms with Crippen LogP contribution in [0.2, 0.25) is 0 Å². The van der Waals surface area contributed by atoms with Gasteiger partial charge in [-0.05, 0) is 69.0 Å². The summed E-state index contributed by atoms with van der Waals surface area (Å²) >= 11 is 0. The van der Waals surface area contributed by atoms with Gasteiger partial charge in [0.2, 0.25) is 5.96 Å². The van der Waals surface area contributed by atoms with Gasteiger partial charge in [-0.2, -0.15) is 0 Å². The average Bonchev–Trinajstić information content (AvgIpc) is 3.30. The second kappa shape index (κ2) is 7.81. The molecule has 2 amide bonds. The molecule has 0 aliphatic carbocycles. The first-order valence-corrected chi connectivity index (χ1v) is 12.1. The minimum absolute atomic E-state index is 0.00932. The second-order valence-corrected chi connectivity index (χ2v) is 11.1. The lowest BCUT2D eigenvalue weighted by molar-refractivity contribution is 0.238. The van der Waals surface area contributed by atoms with Crippen LogP contribution in [0.25, 0.3) is 0 Å². The summed E-state index contributed by atoms with van der Waals surface area (Å²) in [4.78, 5) is 18.8. The number of anilines is 1. The number of urea groups is 1. The molecule has 2 heterocycles. The molecule has 0 saturated heterocycles. The molecule has 0 radical (unpaired) electrons.